The van der Waals surface area contributed by atoms with Gasteiger partial charge < -0.3 is 33.9 Å². The van der Waals surface area contributed by atoms with Gasteiger partial charge in [-0.05, 0) is 98.7 Å². The third-order valence-electron chi connectivity index (χ3n) is 8.71. The number of para-hydroxylation sites is 2. The number of nitriles is 1. The highest BCUT2D eigenvalue weighted by Gasteiger charge is 2.43. The Bertz CT molecular complexity index is 1280. The summed E-state index contributed by atoms with van der Waals surface area (Å²) in [5, 5.41) is 12.0. The number of carbonyl (C=O) groups is 4. The quantitative estimate of drug-likeness (QED) is 0.197. The van der Waals surface area contributed by atoms with Crippen molar-refractivity contribution < 1.29 is 42.9 Å². The zero-order valence-corrected chi connectivity index (χ0v) is 30.7. The van der Waals surface area contributed by atoms with E-state index in [1.165, 1.54) is 0 Å². The number of hydrogen-bond acceptors (Lipinski definition) is 11. The fourth-order valence-corrected chi connectivity index (χ4v) is 5.83. The van der Waals surface area contributed by atoms with Crippen LogP contribution in [0.5, 0.6) is 11.5 Å². The molecule has 0 aliphatic carbocycles. The molecule has 1 aromatic rings. The predicted octanol–water partition coefficient (Wildman–Crippen LogP) is 5.06. The molecule has 0 bridgehead atoms. The maximum atomic E-state index is 12.8. The number of nitrogens with zero attached hydrogens (tertiary/aromatic N) is 2. The zero-order chi connectivity index (χ0) is 36.5. The lowest BCUT2D eigenvalue weighted by Crippen LogP contribution is -2.54. The van der Waals surface area contributed by atoms with Crippen LogP contribution in [0.25, 0.3) is 0 Å². The first-order valence-corrected chi connectivity index (χ1v) is 17.7. The Kier molecular flexibility index (Phi) is 17.1. The Morgan fingerprint density at radius 3 is 2.18 bits per heavy atom. The van der Waals surface area contributed by atoms with Gasteiger partial charge in [0.2, 0.25) is 6.10 Å². The molecular weight excluding hydrogens is 654 g/mol. The molecule has 0 saturated carbocycles. The second kappa shape index (κ2) is 20.2. The third-order valence-corrected chi connectivity index (χ3v) is 8.98. The van der Waals surface area contributed by atoms with Crippen molar-refractivity contribution in [1.82, 2.24) is 10.2 Å². The van der Waals surface area contributed by atoms with Gasteiger partial charge in [-0.3, -0.25) is 19.2 Å². The maximum absolute atomic E-state index is 12.8. The SMILES string of the molecule is CCOC(=O)C(C)(C#N)CCCCl.CCOC(=O)C1(C)CCCNC1.CCOC(=O)[C@@]1(C)CCCN(C(=O)[C@H]2COc3ccccc3O2)C1. The molecule has 1 aromatic carbocycles. The minimum atomic E-state index is -1.04. The van der Waals surface area contributed by atoms with E-state index < -0.39 is 22.9 Å². The van der Waals surface area contributed by atoms with Crippen molar-refractivity contribution in [2.45, 2.75) is 86.2 Å². The van der Waals surface area contributed by atoms with E-state index >= 15 is 0 Å². The van der Waals surface area contributed by atoms with E-state index in [1.807, 2.05) is 45.0 Å². The molecule has 2 unspecified atom stereocenters. The van der Waals surface area contributed by atoms with Crippen LogP contribution in [0.15, 0.2) is 24.3 Å². The number of carbonyl (C=O) groups excluding carboxylic acids is 4. The summed E-state index contributed by atoms with van der Waals surface area (Å²) in [6, 6.07) is 9.27. The van der Waals surface area contributed by atoms with Gasteiger partial charge in [-0.25, -0.2) is 0 Å². The molecule has 274 valence electrons. The van der Waals surface area contributed by atoms with E-state index in [0.717, 1.165) is 38.8 Å². The van der Waals surface area contributed by atoms with Crippen molar-refractivity contribution in [3.63, 3.8) is 0 Å². The van der Waals surface area contributed by atoms with Gasteiger partial charge in [-0.1, -0.05) is 12.1 Å². The molecule has 13 heteroatoms. The van der Waals surface area contributed by atoms with Crippen LogP contribution in [-0.4, -0.2) is 93.3 Å². The Labute approximate surface area is 296 Å². The maximum Gasteiger partial charge on any atom is 0.326 e. The number of amides is 1. The van der Waals surface area contributed by atoms with E-state index in [9.17, 15) is 19.2 Å². The van der Waals surface area contributed by atoms with Gasteiger partial charge in [0, 0.05) is 25.5 Å². The van der Waals surface area contributed by atoms with Crippen molar-refractivity contribution in [2.75, 3.05) is 58.5 Å². The second-order valence-electron chi connectivity index (χ2n) is 13.0. The molecule has 2 fully saturated rings. The van der Waals surface area contributed by atoms with Crippen LogP contribution >= 0.6 is 11.6 Å². The predicted molar refractivity (Wildman–Crippen MR) is 184 cm³/mol. The summed E-state index contributed by atoms with van der Waals surface area (Å²) < 4.78 is 26.4. The lowest BCUT2D eigenvalue weighted by atomic mass is 9.81. The molecular formula is C36H54ClN3O9. The first-order chi connectivity index (χ1) is 23.3. The highest BCUT2D eigenvalue weighted by molar-refractivity contribution is 6.17. The number of benzene rings is 1. The minimum absolute atomic E-state index is 0.0581. The highest BCUT2D eigenvalue weighted by Crippen LogP contribution is 2.34. The Hall–Kier alpha value is -3.56. The van der Waals surface area contributed by atoms with Crippen LogP contribution in [0.2, 0.25) is 0 Å². The van der Waals surface area contributed by atoms with Gasteiger partial charge in [-0.2, -0.15) is 5.26 Å². The molecule has 1 N–H and O–H groups in total. The second-order valence-corrected chi connectivity index (χ2v) is 13.4. The van der Waals surface area contributed by atoms with Crippen LogP contribution in [0.4, 0.5) is 0 Å². The normalized spacial score (nSPS) is 23.8. The van der Waals surface area contributed by atoms with Crippen molar-refractivity contribution in [3.8, 4) is 17.6 Å². The molecule has 1 amide bonds. The minimum Gasteiger partial charge on any atom is -0.485 e. The van der Waals surface area contributed by atoms with Gasteiger partial charge >= 0.3 is 17.9 Å². The average molecular weight is 708 g/mol. The Morgan fingerprint density at radius 2 is 1.61 bits per heavy atom. The number of piperidine rings is 2. The number of fused-ring (bicyclic) bond motifs is 1. The zero-order valence-electron chi connectivity index (χ0n) is 29.9. The molecule has 4 atom stereocenters. The van der Waals surface area contributed by atoms with Crippen LogP contribution < -0.4 is 14.8 Å². The number of ether oxygens (including phenoxy) is 5. The van der Waals surface area contributed by atoms with Crippen molar-refractivity contribution in [2.24, 2.45) is 16.2 Å². The molecule has 12 nitrogen and oxygen atoms in total. The summed E-state index contributed by atoms with van der Waals surface area (Å²) in [6.45, 7) is 14.8. The van der Waals surface area contributed by atoms with E-state index in [-0.39, 0.29) is 29.9 Å². The van der Waals surface area contributed by atoms with Crippen molar-refractivity contribution in [3.05, 3.63) is 24.3 Å². The summed E-state index contributed by atoms with van der Waals surface area (Å²) in [6.07, 6.45) is 3.92. The van der Waals surface area contributed by atoms with E-state index in [2.05, 4.69) is 5.32 Å². The lowest BCUT2D eigenvalue weighted by molar-refractivity contribution is -0.161. The summed E-state index contributed by atoms with van der Waals surface area (Å²) >= 11 is 5.48. The molecule has 2 saturated heterocycles. The molecule has 3 aliphatic heterocycles. The number of esters is 3. The smallest absolute Gasteiger partial charge is 0.326 e. The van der Waals surface area contributed by atoms with Crippen LogP contribution in [-0.2, 0) is 33.4 Å². The fourth-order valence-electron chi connectivity index (χ4n) is 5.69. The van der Waals surface area contributed by atoms with Gasteiger partial charge in [0.15, 0.2) is 16.9 Å². The molecule has 0 aromatic heterocycles. The lowest BCUT2D eigenvalue weighted by Gasteiger charge is -2.40. The van der Waals surface area contributed by atoms with Crippen LogP contribution in [0.1, 0.15) is 80.1 Å². The highest BCUT2D eigenvalue weighted by atomic mass is 35.5. The number of rotatable bonds is 10. The largest absolute Gasteiger partial charge is 0.485 e. The average Bonchev–Trinajstić information content (AvgIpc) is 3.11. The molecule has 3 heterocycles. The molecule has 4 rings (SSSR count). The number of likely N-dealkylation sites (tertiary alicyclic amines) is 1. The van der Waals surface area contributed by atoms with E-state index in [0.29, 0.717) is 63.1 Å². The molecule has 0 radical (unpaired) electrons. The Morgan fingerprint density at radius 1 is 1.00 bits per heavy atom. The third kappa shape index (κ3) is 12.1. The Balaban J connectivity index is 0.000000283. The van der Waals surface area contributed by atoms with Crippen molar-refractivity contribution in [1.29, 1.82) is 5.26 Å². The molecule has 3 aliphatic rings. The van der Waals surface area contributed by atoms with Gasteiger partial charge in [0.1, 0.15) is 6.61 Å². The number of nitrogens with one attached hydrogen (secondary N) is 1. The molecule has 49 heavy (non-hydrogen) atoms. The summed E-state index contributed by atoms with van der Waals surface area (Å²) in [7, 11) is 0. The topological polar surface area (TPSA) is 153 Å². The van der Waals surface area contributed by atoms with E-state index in [1.54, 1.807) is 31.7 Å². The van der Waals surface area contributed by atoms with Crippen LogP contribution in [0.3, 0.4) is 0 Å². The van der Waals surface area contributed by atoms with E-state index in [4.69, 9.17) is 40.5 Å². The van der Waals surface area contributed by atoms with Crippen LogP contribution in [0, 0.1) is 27.6 Å². The van der Waals surface area contributed by atoms with Crippen molar-refractivity contribution >= 4 is 35.4 Å². The molecule has 0 spiro atoms. The number of alkyl halides is 1. The van der Waals surface area contributed by atoms with Gasteiger partial charge in [-0.15, -0.1) is 11.6 Å². The summed E-state index contributed by atoms with van der Waals surface area (Å²) in [5.74, 6) is 0.786. The number of hydrogen-bond donors (Lipinski definition) is 1. The summed E-state index contributed by atoms with van der Waals surface area (Å²) in [5.41, 5.74) is -1.98. The summed E-state index contributed by atoms with van der Waals surface area (Å²) in [4.78, 5) is 49.5. The monoisotopic (exact) mass is 707 g/mol. The van der Waals surface area contributed by atoms with Gasteiger partial charge in [0.25, 0.3) is 5.91 Å². The van der Waals surface area contributed by atoms with Gasteiger partial charge in [0.05, 0.1) is 36.7 Å². The fraction of sp³-hybridized carbons (Fsp3) is 0.694. The number of halogens is 1. The first kappa shape index (κ1) is 41.6. The first-order valence-electron chi connectivity index (χ1n) is 17.2. The standard InChI is InChI=1S/C18H23NO5.C9H14ClNO2.C9H17NO2/c1-3-22-17(21)18(2)9-6-10-19(12-18)16(20)15-11-23-13-7-4-5-8-14(13)24-15;1-3-13-8(12)9(2,7-11)5-4-6-10;1-3-12-8(11)9(2)5-4-6-10-7-9/h4-5,7-8,15H,3,6,9-12H2,1-2H3;3-6H2,1-2H3;10H,3-7H2,1-2H3/t15-,18+;;/m1../s1.